The van der Waals surface area contributed by atoms with Crippen LogP contribution in [0.15, 0.2) is 0 Å². The Bertz CT molecular complexity index is 103. The van der Waals surface area contributed by atoms with Gasteiger partial charge in [-0.3, -0.25) is 0 Å². The lowest BCUT2D eigenvalue weighted by molar-refractivity contribution is 0.00248. The highest BCUT2D eigenvalue weighted by Gasteiger charge is 2.33. The van der Waals surface area contributed by atoms with Gasteiger partial charge in [0, 0.05) is 0 Å². The van der Waals surface area contributed by atoms with Gasteiger partial charge in [0.15, 0.2) is 0 Å². The smallest absolute Gasteiger partial charge is 0.0571 e. The lowest BCUT2D eigenvalue weighted by Crippen LogP contribution is -2.34. The minimum absolute atomic E-state index is 0.0671. The van der Waals surface area contributed by atoms with Gasteiger partial charge in [-0.05, 0) is 43.9 Å². The summed E-state index contributed by atoms with van der Waals surface area (Å²) in [7, 11) is 0. The second-order valence-corrected chi connectivity index (χ2v) is 3.58. The van der Waals surface area contributed by atoms with E-state index in [4.69, 9.17) is 0 Å². The highest BCUT2D eigenvalue weighted by molar-refractivity contribution is 4.85. The third-order valence-electron chi connectivity index (χ3n) is 3.01. The first-order valence-electron chi connectivity index (χ1n) is 4.04. The van der Waals surface area contributed by atoms with Gasteiger partial charge in [-0.25, -0.2) is 0 Å². The van der Waals surface area contributed by atoms with Gasteiger partial charge in [-0.15, -0.1) is 0 Å². The van der Waals surface area contributed by atoms with E-state index in [9.17, 15) is 5.11 Å². The zero-order valence-electron chi connectivity index (χ0n) is 5.71. The van der Waals surface area contributed by atoms with E-state index in [0.717, 1.165) is 12.3 Å². The van der Waals surface area contributed by atoms with Crippen LogP contribution in [-0.4, -0.2) is 11.2 Å². The van der Waals surface area contributed by atoms with E-state index >= 15 is 0 Å². The molecule has 0 spiro atoms. The van der Waals surface area contributed by atoms with Crippen molar-refractivity contribution < 1.29 is 5.11 Å². The van der Waals surface area contributed by atoms with Crippen molar-refractivity contribution in [1.82, 2.24) is 0 Å². The van der Waals surface area contributed by atoms with Crippen molar-refractivity contribution in [3.05, 3.63) is 0 Å². The van der Waals surface area contributed by atoms with Crippen LogP contribution in [0.5, 0.6) is 0 Å². The summed E-state index contributed by atoms with van der Waals surface area (Å²) in [6.45, 7) is 0. The molecule has 0 aromatic heterocycles. The van der Waals surface area contributed by atoms with Crippen LogP contribution in [0.3, 0.4) is 0 Å². The first kappa shape index (κ1) is 5.72. The molecule has 3 aliphatic rings. The number of rotatable bonds is 0. The quantitative estimate of drug-likeness (QED) is 0.522. The summed E-state index contributed by atoms with van der Waals surface area (Å²) in [5, 5.41) is 9.40. The van der Waals surface area contributed by atoms with Crippen molar-refractivity contribution in [2.24, 2.45) is 11.8 Å². The SMILES string of the molecule is O[C@H]1CC2CCC1CC2. The summed E-state index contributed by atoms with van der Waals surface area (Å²) in [5.41, 5.74) is 0. The average molecular weight is 126 g/mol. The fourth-order valence-electron chi connectivity index (χ4n) is 2.34. The molecule has 0 radical (unpaired) electrons. The number of hydrogen-bond acceptors (Lipinski definition) is 1. The van der Waals surface area contributed by atoms with Gasteiger partial charge in [0.2, 0.25) is 0 Å². The predicted molar refractivity (Wildman–Crippen MR) is 36.1 cm³/mol. The first-order valence-corrected chi connectivity index (χ1v) is 4.04. The molecule has 3 aliphatic carbocycles. The van der Waals surface area contributed by atoms with Gasteiger partial charge in [-0.2, -0.15) is 0 Å². The molecule has 0 unspecified atom stereocenters. The zero-order valence-corrected chi connectivity index (χ0v) is 5.71. The van der Waals surface area contributed by atoms with E-state index in [1.54, 1.807) is 0 Å². The molecule has 3 fully saturated rings. The van der Waals surface area contributed by atoms with Gasteiger partial charge in [0.05, 0.1) is 6.10 Å². The first-order chi connectivity index (χ1) is 4.36. The third kappa shape index (κ3) is 0.877. The highest BCUT2D eigenvalue weighted by Crippen LogP contribution is 2.40. The number of aliphatic hydroxyl groups is 1. The second kappa shape index (κ2) is 1.98. The largest absolute Gasteiger partial charge is 0.393 e. The molecule has 0 aromatic carbocycles. The van der Waals surface area contributed by atoms with Crippen LogP contribution in [0, 0.1) is 11.8 Å². The van der Waals surface area contributed by atoms with Gasteiger partial charge in [0.1, 0.15) is 0 Å². The molecule has 1 nitrogen and oxygen atoms in total. The molecule has 3 saturated carbocycles. The molecular weight excluding hydrogens is 112 g/mol. The summed E-state index contributed by atoms with van der Waals surface area (Å²) in [6, 6.07) is 0. The maximum Gasteiger partial charge on any atom is 0.0571 e. The van der Waals surface area contributed by atoms with E-state index in [2.05, 4.69) is 0 Å². The molecular formula is C8H14O. The monoisotopic (exact) mass is 126 g/mol. The minimum atomic E-state index is 0.0671. The van der Waals surface area contributed by atoms with E-state index in [1.165, 1.54) is 25.7 Å². The van der Waals surface area contributed by atoms with Crippen molar-refractivity contribution >= 4 is 0 Å². The molecule has 0 heterocycles. The molecule has 9 heavy (non-hydrogen) atoms. The molecule has 0 aromatic rings. The molecule has 1 N–H and O–H groups in total. The molecule has 3 rings (SSSR count). The van der Waals surface area contributed by atoms with Gasteiger partial charge in [-0.1, -0.05) is 0 Å². The molecule has 52 valence electrons. The lowest BCUT2D eigenvalue weighted by Gasteiger charge is -2.39. The summed E-state index contributed by atoms with van der Waals surface area (Å²) < 4.78 is 0. The molecule has 0 aliphatic heterocycles. The van der Waals surface area contributed by atoms with Gasteiger partial charge in [0.25, 0.3) is 0 Å². The fraction of sp³-hybridized carbons (Fsp3) is 1.00. The van der Waals surface area contributed by atoms with E-state index < -0.39 is 0 Å². The molecule has 0 saturated heterocycles. The molecule has 1 heteroatoms. The Morgan fingerprint density at radius 2 is 1.67 bits per heavy atom. The lowest BCUT2D eigenvalue weighted by atomic mass is 9.69. The van der Waals surface area contributed by atoms with E-state index in [0.29, 0.717) is 5.92 Å². The Balaban J connectivity index is 2.06. The van der Waals surface area contributed by atoms with Gasteiger partial charge < -0.3 is 5.11 Å². The summed E-state index contributed by atoms with van der Waals surface area (Å²) in [6.07, 6.45) is 6.55. The zero-order chi connectivity index (χ0) is 6.27. The Morgan fingerprint density at radius 3 is 1.89 bits per heavy atom. The second-order valence-electron chi connectivity index (χ2n) is 3.58. The van der Waals surface area contributed by atoms with Crippen molar-refractivity contribution in [3.63, 3.8) is 0 Å². The number of fused-ring (bicyclic) bond motifs is 3. The highest BCUT2D eigenvalue weighted by atomic mass is 16.3. The van der Waals surface area contributed by atoms with Crippen LogP contribution in [0.2, 0.25) is 0 Å². The molecule has 2 bridgehead atoms. The van der Waals surface area contributed by atoms with Crippen molar-refractivity contribution in [2.75, 3.05) is 0 Å². The topological polar surface area (TPSA) is 20.2 Å². The number of hydrogen-bond donors (Lipinski definition) is 1. The van der Waals surface area contributed by atoms with Crippen molar-refractivity contribution in [2.45, 2.75) is 38.2 Å². The van der Waals surface area contributed by atoms with Crippen molar-refractivity contribution in [1.29, 1.82) is 0 Å². The van der Waals surface area contributed by atoms with Crippen LogP contribution in [0.25, 0.3) is 0 Å². The van der Waals surface area contributed by atoms with Crippen LogP contribution < -0.4 is 0 Å². The molecule has 0 amide bonds. The molecule has 1 atom stereocenters. The Morgan fingerprint density at radius 1 is 1.00 bits per heavy atom. The maximum atomic E-state index is 9.40. The number of aliphatic hydroxyl groups excluding tert-OH is 1. The summed E-state index contributed by atoms with van der Waals surface area (Å²) >= 11 is 0. The normalized spacial score (nSPS) is 49.7. The third-order valence-corrected chi connectivity index (χ3v) is 3.01. The predicted octanol–water partition coefficient (Wildman–Crippen LogP) is 1.56. The standard InChI is InChI=1S/C8H14O/c9-8-5-6-1-3-7(8)4-2-6/h6-9H,1-5H2/t6?,7?,8-/m0/s1. The Kier molecular flexibility index (Phi) is 1.26. The summed E-state index contributed by atoms with van der Waals surface area (Å²) in [4.78, 5) is 0. The summed E-state index contributed by atoms with van der Waals surface area (Å²) in [5.74, 6) is 1.56. The van der Waals surface area contributed by atoms with Crippen LogP contribution in [0.4, 0.5) is 0 Å². The van der Waals surface area contributed by atoms with Crippen LogP contribution >= 0.6 is 0 Å². The average Bonchev–Trinajstić information content (AvgIpc) is 1.90. The Labute approximate surface area is 56.1 Å². The fourth-order valence-corrected chi connectivity index (χ4v) is 2.34. The van der Waals surface area contributed by atoms with E-state index in [-0.39, 0.29) is 6.10 Å². The minimum Gasteiger partial charge on any atom is -0.393 e. The maximum absolute atomic E-state index is 9.40. The van der Waals surface area contributed by atoms with Crippen LogP contribution in [0.1, 0.15) is 32.1 Å². The van der Waals surface area contributed by atoms with E-state index in [1.807, 2.05) is 0 Å². The van der Waals surface area contributed by atoms with Crippen LogP contribution in [-0.2, 0) is 0 Å². The van der Waals surface area contributed by atoms with Gasteiger partial charge >= 0.3 is 0 Å². The Hall–Kier alpha value is -0.0400. The van der Waals surface area contributed by atoms with Crippen molar-refractivity contribution in [3.8, 4) is 0 Å².